The van der Waals surface area contributed by atoms with Crippen molar-refractivity contribution in [2.24, 2.45) is 11.8 Å². The number of nitrogens with one attached hydrogen (secondary N) is 2. The number of Topliss-reactive ketones (excluding diaryl/α,β-unsaturated/α-hetero) is 1. The molecule has 7 heterocycles. The second kappa shape index (κ2) is 17.1. The Morgan fingerprint density at radius 3 is 2.51 bits per heavy atom. The first kappa shape index (κ1) is 48.9. The third-order valence-electron chi connectivity index (χ3n) is 16.2. The summed E-state index contributed by atoms with van der Waals surface area (Å²) in [5, 5.41) is 39.9. The maximum absolute atomic E-state index is 16.1. The van der Waals surface area contributed by atoms with Crippen molar-refractivity contribution < 1.29 is 58.1 Å². The van der Waals surface area contributed by atoms with Crippen LogP contribution in [-0.4, -0.2) is 115 Å². The first-order valence-electron chi connectivity index (χ1n) is 25.5. The molecule has 1 spiro atoms. The van der Waals surface area contributed by atoms with Crippen molar-refractivity contribution >= 4 is 40.4 Å². The second-order valence-corrected chi connectivity index (χ2v) is 22.6. The fraction of sp³-hybridized carbons (Fsp3) is 0.554. The van der Waals surface area contributed by atoms with E-state index >= 15 is 4.79 Å². The molecule has 2 aromatic carbocycles. The van der Waals surface area contributed by atoms with Crippen molar-refractivity contribution in [2.45, 2.75) is 166 Å². The van der Waals surface area contributed by atoms with Crippen LogP contribution < -0.4 is 24.8 Å². The lowest BCUT2D eigenvalue weighted by Gasteiger charge is -2.62. The highest BCUT2D eigenvalue weighted by atomic mass is 16.8. The van der Waals surface area contributed by atoms with Gasteiger partial charge in [-0.3, -0.25) is 9.59 Å². The zero-order chi connectivity index (χ0) is 51.0. The van der Waals surface area contributed by atoms with E-state index in [0.29, 0.717) is 64.7 Å². The van der Waals surface area contributed by atoms with Gasteiger partial charge in [0.25, 0.3) is 0 Å². The molecule has 12 rings (SSSR count). The van der Waals surface area contributed by atoms with Crippen molar-refractivity contribution in [2.75, 3.05) is 25.1 Å². The van der Waals surface area contributed by atoms with E-state index in [1.165, 1.54) is 5.57 Å². The van der Waals surface area contributed by atoms with Crippen molar-refractivity contribution in [1.29, 1.82) is 0 Å². The van der Waals surface area contributed by atoms with Crippen molar-refractivity contribution in [3.05, 3.63) is 87.6 Å². The van der Waals surface area contributed by atoms with E-state index in [0.717, 1.165) is 28.6 Å². The number of para-hydroxylation sites is 2. The minimum atomic E-state index is -1.63. The number of fused-ring (bicyclic) bond motifs is 7. The molecule has 11 atom stereocenters. The molecule has 6 fully saturated rings. The molecule has 6 unspecified atom stereocenters. The summed E-state index contributed by atoms with van der Waals surface area (Å²) in [7, 11) is 0. The summed E-state index contributed by atoms with van der Waals surface area (Å²) in [4.78, 5) is 34.6. The van der Waals surface area contributed by atoms with Gasteiger partial charge >= 0.3 is 0 Å². The van der Waals surface area contributed by atoms with Gasteiger partial charge in [0.2, 0.25) is 18.1 Å². The van der Waals surface area contributed by atoms with Crippen LogP contribution in [0.4, 0.5) is 5.95 Å². The van der Waals surface area contributed by atoms with Gasteiger partial charge in [-0.15, -0.1) is 0 Å². The van der Waals surface area contributed by atoms with E-state index in [1.54, 1.807) is 26.8 Å². The minimum absolute atomic E-state index is 0.0137. The largest absolute Gasteiger partial charge is 0.482 e. The second-order valence-electron chi connectivity index (χ2n) is 22.6. The lowest BCUT2D eigenvalue weighted by atomic mass is 9.47. The van der Waals surface area contributed by atoms with Crippen molar-refractivity contribution in [1.82, 2.24) is 14.9 Å². The van der Waals surface area contributed by atoms with Crippen LogP contribution in [0.3, 0.4) is 0 Å². The Morgan fingerprint density at radius 1 is 1.00 bits per heavy atom. The number of aliphatic hydroxyl groups is 3. The molecule has 384 valence electrons. The molecule has 3 aromatic rings. The quantitative estimate of drug-likeness (QED) is 0.0905. The molecule has 6 aliphatic heterocycles. The molecule has 9 aliphatic rings. The third-order valence-corrected chi connectivity index (χ3v) is 16.2. The van der Waals surface area contributed by atoms with Crippen LogP contribution in [0.25, 0.3) is 22.8 Å². The maximum atomic E-state index is 16.1. The number of hydrogen-bond acceptors (Lipinski definition) is 14. The monoisotopic (exact) mass is 988 g/mol. The number of aliphatic hydroxyl groups excluding tert-OH is 3. The first-order valence-corrected chi connectivity index (χ1v) is 25.5. The van der Waals surface area contributed by atoms with Gasteiger partial charge in [-0.25, -0.2) is 4.98 Å². The molecule has 1 amide bonds. The summed E-state index contributed by atoms with van der Waals surface area (Å²) < 4.78 is 50.6. The van der Waals surface area contributed by atoms with Crippen molar-refractivity contribution in [3.8, 4) is 17.2 Å². The van der Waals surface area contributed by atoms with Gasteiger partial charge in [-0.2, -0.15) is 0 Å². The molecule has 72 heavy (non-hydrogen) atoms. The Kier molecular flexibility index (Phi) is 11.6. The number of nitrogens with zero attached hydrogens (tertiary/aromatic N) is 2. The number of ether oxygens (including phenoxy) is 7. The zero-order valence-electron chi connectivity index (χ0n) is 42.9. The molecule has 5 N–H and O–H groups in total. The number of carbonyl (C=O) groups excluding carboxylic acids is 2. The van der Waals surface area contributed by atoms with Gasteiger partial charge in [-0.05, 0) is 119 Å². The average molecular weight is 989 g/mol. The molecule has 16 heteroatoms. The number of imidazole rings is 1. The Morgan fingerprint density at radius 2 is 1.76 bits per heavy atom. The van der Waals surface area contributed by atoms with Crippen LogP contribution in [-0.2, 0) is 35.0 Å². The highest BCUT2D eigenvalue weighted by molar-refractivity contribution is 6.04. The summed E-state index contributed by atoms with van der Waals surface area (Å²) in [5.41, 5.74) is 2.64. The number of hydrogen-bond donors (Lipinski definition) is 5. The van der Waals surface area contributed by atoms with E-state index in [1.807, 2.05) is 64.1 Å². The Balaban J connectivity index is 1.19. The lowest BCUT2D eigenvalue weighted by molar-refractivity contribution is -0.373. The highest BCUT2D eigenvalue weighted by Crippen LogP contribution is 2.74. The molecule has 1 aromatic heterocycles. The summed E-state index contributed by atoms with van der Waals surface area (Å²) in [6.45, 7) is 19.5. The van der Waals surface area contributed by atoms with Crippen LogP contribution in [0.15, 0.2) is 70.9 Å². The normalized spacial score (nSPS) is 33.8. The number of aromatic nitrogens is 2. The summed E-state index contributed by atoms with van der Waals surface area (Å²) in [6.07, 6.45) is 6.30. The Bertz CT molecular complexity index is 2940. The zero-order valence-corrected chi connectivity index (χ0v) is 42.9. The van der Waals surface area contributed by atoms with Gasteiger partial charge in [0.05, 0.1) is 52.7 Å². The number of anilines is 1. The number of ketones is 1. The molecule has 3 saturated carbocycles. The predicted molar refractivity (Wildman–Crippen MR) is 268 cm³/mol. The Labute approximate surface area is 420 Å². The molecule has 16 nitrogen and oxygen atoms in total. The molecule has 3 saturated heterocycles. The molecule has 0 radical (unpaired) electrons. The third kappa shape index (κ3) is 7.29. The summed E-state index contributed by atoms with van der Waals surface area (Å²) in [5.74, 6) is -0.783. The number of allylic oxidation sites excluding steroid dienone is 4. The topological polar surface area (TPSA) is 201 Å². The van der Waals surface area contributed by atoms with Crippen LogP contribution in [0.1, 0.15) is 118 Å². The van der Waals surface area contributed by atoms with Crippen LogP contribution in [0, 0.1) is 11.8 Å². The van der Waals surface area contributed by atoms with E-state index in [-0.39, 0.29) is 49.5 Å². The van der Waals surface area contributed by atoms with E-state index in [9.17, 15) is 20.1 Å². The number of benzene rings is 2. The standard InChI is InChI=1S/C56H68N4O12/c1-28(2)14-13-21-54(10)22-20-32-44(70-54)31(18-17-29(3)4)46-38(45(32)68-50-43(63)42(62)47-36(67-50)27-66-53(8,9)69-47)40-39-41(60-35-16-12-11-15-34(35)58-51(60)59-40)33-26-37-52(6,7)72-55(48(33)64,56(37,39)71-46)23-19-30(5)49(65)57-24-25-61/h11-12,14-17,19-20,22,33,36-37,41-43,47,50,61-63H,13,18,21,23-27H2,1-10H3,(H,57,65)(H,58,59)/b30-19-/t33?,36-,37?,41?,42-,43-,47-,50+,54?,55?,56?/m0/s1. The molecule has 3 aliphatic carbocycles. The van der Waals surface area contributed by atoms with Crippen molar-refractivity contribution in [3.63, 3.8) is 0 Å². The van der Waals surface area contributed by atoms with Gasteiger partial charge in [-0.1, -0.05) is 41.5 Å². The van der Waals surface area contributed by atoms with E-state index in [4.69, 9.17) is 38.1 Å². The maximum Gasteiger partial charge on any atom is 0.246 e. The van der Waals surface area contributed by atoms with Gasteiger partial charge < -0.3 is 63.7 Å². The molecular weight excluding hydrogens is 921 g/mol. The number of amides is 1. The van der Waals surface area contributed by atoms with E-state index < -0.39 is 70.9 Å². The van der Waals surface area contributed by atoms with Gasteiger partial charge in [0.1, 0.15) is 47.3 Å². The highest BCUT2D eigenvalue weighted by Gasteiger charge is 2.84. The molecular formula is C56H68N4O12. The minimum Gasteiger partial charge on any atom is -0.482 e. The number of rotatable bonds is 12. The first-order chi connectivity index (χ1) is 34.1. The SMILES string of the molecule is CC(C)=CCCC1(C)C=Cc2c(c(CC=C(C)C)c3c(c2O[C@H]2O[C@H]4COC(C)(C)O[C@@H]4[C@@H](O)[C@@H]2O)C2=C4C(C5CC6C(C)(C)OC(C/C=C(/C)C(=O)NCCO)(C5=O)C46O3)n3c(nc4ccccc43)N2)O1. The van der Waals surface area contributed by atoms with Gasteiger partial charge in [0, 0.05) is 41.5 Å². The fourth-order valence-electron chi connectivity index (χ4n) is 12.9. The average Bonchev–Trinajstić information content (AvgIpc) is 3.76. The van der Waals surface area contributed by atoms with E-state index in [2.05, 4.69) is 48.1 Å². The molecule has 4 bridgehead atoms. The lowest BCUT2D eigenvalue weighted by Crippen LogP contribution is -2.75. The fourth-order valence-corrected chi connectivity index (χ4v) is 12.9. The van der Waals surface area contributed by atoms with Crippen LogP contribution >= 0.6 is 0 Å². The Hall–Kier alpha value is -5.33. The number of carbonyl (C=O) groups is 2. The smallest absolute Gasteiger partial charge is 0.246 e. The predicted octanol–water partition coefficient (Wildman–Crippen LogP) is 7.15. The van der Waals surface area contributed by atoms with Gasteiger partial charge in [0.15, 0.2) is 22.8 Å². The summed E-state index contributed by atoms with van der Waals surface area (Å²) >= 11 is 0. The van der Waals surface area contributed by atoms with Crippen LogP contribution in [0.2, 0.25) is 0 Å². The van der Waals surface area contributed by atoms with Crippen LogP contribution in [0.5, 0.6) is 17.2 Å². The summed E-state index contributed by atoms with van der Waals surface area (Å²) in [6, 6.07) is 7.28.